The highest BCUT2D eigenvalue weighted by Crippen LogP contribution is 2.15. The summed E-state index contributed by atoms with van der Waals surface area (Å²) >= 11 is 6.47. The van der Waals surface area contributed by atoms with Gasteiger partial charge in [-0.3, -0.25) is 9.59 Å². The van der Waals surface area contributed by atoms with Gasteiger partial charge in [0.2, 0.25) is 5.91 Å². The van der Waals surface area contributed by atoms with E-state index >= 15 is 0 Å². The van der Waals surface area contributed by atoms with Gasteiger partial charge < -0.3 is 9.73 Å². The second-order valence-electron chi connectivity index (χ2n) is 4.42. The Morgan fingerprint density at radius 1 is 1.17 bits per heavy atom. The molecule has 2 amide bonds. The third-order valence-corrected chi connectivity index (χ3v) is 3.85. The summed E-state index contributed by atoms with van der Waals surface area (Å²) in [5, 5.41) is 6.44. The van der Waals surface area contributed by atoms with Gasteiger partial charge in [-0.1, -0.05) is 12.1 Å². The van der Waals surface area contributed by atoms with Crippen molar-refractivity contribution in [2.75, 3.05) is 6.54 Å². The zero-order valence-electron chi connectivity index (χ0n) is 11.9. The molecule has 0 radical (unpaired) electrons. The Bertz CT molecular complexity index is 728. The molecule has 1 aromatic carbocycles. The predicted molar refractivity (Wildman–Crippen MR) is 93.2 cm³/mol. The SMILES string of the molecule is O=C(CCNC(=O)c1ccccc1Br)NN=Cc1ccc(Br)o1. The maximum atomic E-state index is 11.9. The molecule has 2 rings (SSSR count). The van der Waals surface area contributed by atoms with E-state index in [4.69, 9.17) is 4.42 Å². The molecule has 0 aliphatic carbocycles. The number of halogens is 2. The van der Waals surface area contributed by atoms with Crippen LogP contribution in [-0.2, 0) is 4.79 Å². The number of furan rings is 1. The first-order valence-corrected chi connectivity index (χ1v) is 8.25. The summed E-state index contributed by atoms with van der Waals surface area (Å²) in [7, 11) is 0. The third kappa shape index (κ3) is 5.65. The Balaban J connectivity index is 1.71. The van der Waals surface area contributed by atoms with Crippen LogP contribution in [0.1, 0.15) is 22.5 Å². The molecule has 0 spiro atoms. The molecule has 0 unspecified atom stereocenters. The van der Waals surface area contributed by atoms with Gasteiger partial charge in [-0.05, 0) is 56.1 Å². The standard InChI is InChI=1S/C15H13Br2N3O3/c16-12-4-2-1-3-11(12)15(22)18-8-7-14(21)20-19-9-10-5-6-13(17)23-10/h1-6,9H,7-8H2,(H,18,22)(H,20,21). The lowest BCUT2D eigenvalue weighted by atomic mass is 10.2. The van der Waals surface area contributed by atoms with Crippen LogP contribution in [0, 0.1) is 0 Å². The summed E-state index contributed by atoms with van der Waals surface area (Å²) in [6.45, 7) is 0.216. The molecule has 0 saturated carbocycles. The van der Waals surface area contributed by atoms with Gasteiger partial charge in [-0.2, -0.15) is 5.10 Å². The smallest absolute Gasteiger partial charge is 0.252 e. The van der Waals surface area contributed by atoms with Crippen LogP contribution in [0.5, 0.6) is 0 Å². The molecule has 0 aliphatic heterocycles. The molecule has 6 nitrogen and oxygen atoms in total. The van der Waals surface area contributed by atoms with Crippen LogP contribution in [-0.4, -0.2) is 24.6 Å². The van der Waals surface area contributed by atoms with Crippen molar-refractivity contribution in [2.24, 2.45) is 5.10 Å². The van der Waals surface area contributed by atoms with E-state index in [0.29, 0.717) is 20.5 Å². The third-order valence-electron chi connectivity index (χ3n) is 2.73. The van der Waals surface area contributed by atoms with Gasteiger partial charge in [0.15, 0.2) is 4.67 Å². The van der Waals surface area contributed by atoms with Gasteiger partial charge in [0, 0.05) is 17.4 Å². The van der Waals surface area contributed by atoms with Gasteiger partial charge in [0.05, 0.1) is 11.8 Å². The Morgan fingerprint density at radius 3 is 2.65 bits per heavy atom. The average Bonchev–Trinajstić information content (AvgIpc) is 2.93. The summed E-state index contributed by atoms with van der Waals surface area (Å²) < 4.78 is 6.48. The second-order valence-corrected chi connectivity index (χ2v) is 6.06. The Hall–Kier alpha value is -1.93. The number of nitrogens with one attached hydrogen (secondary N) is 2. The number of hydrogen-bond donors (Lipinski definition) is 2. The number of rotatable bonds is 6. The highest BCUT2D eigenvalue weighted by molar-refractivity contribution is 9.10. The summed E-state index contributed by atoms with van der Waals surface area (Å²) in [6.07, 6.45) is 1.51. The highest BCUT2D eigenvalue weighted by atomic mass is 79.9. The number of nitrogens with zero attached hydrogens (tertiary/aromatic N) is 1. The molecule has 0 fully saturated rings. The molecule has 2 aromatic rings. The van der Waals surface area contributed by atoms with Crippen molar-refractivity contribution < 1.29 is 14.0 Å². The van der Waals surface area contributed by atoms with Crippen LogP contribution < -0.4 is 10.7 Å². The summed E-state index contributed by atoms with van der Waals surface area (Å²) in [5.41, 5.74) is 2.88. The van der Waals surface area contributed by atoms with E-state index in [1.807, 2.05) is 6.07 Å². The molecular formula is C15H13Br2N3O3. The fraction of sp³-hybridized carbons (Fsp3) is 0.133. The Morgan fingerprint density at radius 2 is 1.96 bits per heavy atom. The largest absolute Gasteiger partial charge is 0.448 e. The molecule has 2 N–H and O–H groups in total. The van der Waals surface area contributed by atoms with Crippen molar-refractivity contribution in [3.8, 4) is 0 Å². The van der Waals surface area contributed by atoms with Crippen molar-refractivity contribution in [2.45, 2.75) is 6.42 Å². The van der Waals surface area contributed by atoms with E-state index in [9.17, 15) is 9.59 Å². The minimum atomic E-state index is -0.306. The van der Waals surface area contributed by atoms with E-state index in [1.54, 1.807) is 30.3 Å². The first kappa shape index (κ1) is 17.4. The van der Waals surface area contributed by atoms with Crippen molar-refractivity contribution in [1.82, 2.24) is 10.7 Å². The lowest BCUT2D eigenvalue weighted by Crippen LogP contribution is -2.29. The van der Waals surface area contributed by atoms with Crippen LogP contribution in [0.15, 0.2) is 55.1 Å². The van der Waals surface area contributed by atoms with Crippen molar-refractivity contribution >= 4 is 49.9 Å². The predicted octanol–water partition coefficient (Wildman–Crippen LogP) is 3.07. The quantitative estimate of drug-likeness (QED) is 0.532. The molecule has 1 aromatic heterocycles. The molecule has 1 heterocycles. The Labute approximate surface area is 149 Å². The van der Waals surface area contributed by atoms with E-state index in [-0.39, 0.29) is 24.8 Å². The number of benzene rings is 1. The maximum Gasteiger partial charge on any atom is 0.252 e. The lowest BCUT2D eigenvalue weighted by molar-refractivity contribution is -0.120. The monoisotopic (exact) mass is 441 g/mol. The fourth-order valence-electron chi connectivity index (χ4n) is 1.65. The molecule has 0 atom stereocenters. The summed E-state index contributed by atoms with van der Waals surface area (Å²) in [6, 6.07) is 10.5. The minimum Gasteiger partial charge on any atom is -0.448 e. The molecule has 8 heteroatoms. The van der Waals surface area contributed by atoms with Crippen LogP contribution in [0.4, 0.5) is 0 Å². The number of hydrazone groups is 1. The van der Waals surface area contributed by atoms with Crippen LogP contribution in [0.3, 0.4) is 0 Å². The number of hydrogen-bond acceptors (Lipinski definition) is 4. The van der Waals surface area contributed by atoms with Gasteiger partial charge >= 0.3 is 0 Å². The number of amides is 2. The molecule has 23 heavy (non-hydrogen) atoms. The van der Waals surface area contributed by atoms with Crippen LogP contribution in [0.2, 0.25) is 0 Å². The molecule has 0 aliphatic rings. The van der Waals surface area contributed by atoms with Crippen molar-refractivity contribution in [3.63, 3.8) is 0 Å². The zero-order chi connectivity index (χ0) is 16.7. The van der Waals surface area contributed by atoms with E-state index in [0.717, 1.165) is 0 Å². The lowest BCUT2D eigenvalue weighted by Gasteiger charge is -2.06. The van der Waals surface area contributed by atoms with Crippen LogP contribution in [0.25, 0.3) is 0 Å². The van der Waals surface area contributed by atoms with Gasteiger partial charge in [0.1, 0.15) is 5.76 Å². The molecular weight excluding hydrogens is 430 g/mol. The molecule has 0 bridgehead atoms. The van der Waals surface area contributed by atoms with Crippen molar-refractivity contribution in [1.29, 1.82) is 0 Å². The minimum absolute atomic E-state index is 0.120. The van der Waals surface area contributed by atoms with E-state index in [1.165, 1.54) is 6.21 Å². The second kappa shape index (κ2) is 8.64. The van der Waals surface area contributed by atoms with E-state index < -0.39 is 0 Å². The Kier molecular flexibility index (Phi) is 6.54. The summed E-state index contributed by atoms with van der Waals surface area (Å²) in [4.78, 5) is 23.5. The number of carbonyl (C=O) groups excluding carboxylic acids is 2. The average molecular weight is 443 g/mol. The summed E-state index contributed by atoms with van der Waals surface area (Å²) in [5.74, 6) is -0.0343. The fourth-order valence-corrected chi connectivity index (χ4v) is 2.44. The number of carbonyl (C=O) groups is 2. The molecule has 120 valence electrons. The van der Waals surface area contributed by atoms with Gasteiger partial charge in [-0.15, -0.1) is 0 Å². The normalized spacial score (nSPS) is 10.7. The highest BCUT2D eigenvalue weighted by Gasteiger charge is 2.09. The topological polar surface area (TPSA) is 83.7 Å². The van der Waals surface area contributed by atoms with Gasteiger partial charge in [-0.25, -0.2) is 5.43 Å². The molecule has 0 saturated heterocycles. The first-order valence-electron chi connectivity index (χ1n) is 6.66. The van der Waals surface area contributed by atoms with Crippen molar-refractivity contribution in [3.05, 3.63) is 56.9 Å². The van der Waals surface area contributed by atoms with Crippen LogP contribution >= 0.6 is 31.9 Å². The first-order chi connectivity index (χ1) is 11.1. The maximum absolute atomic E-state index is 11.9. The van der Waals surface area contributed by atoms with Gasteiger partial charge in [0.25, 0.3) is 5.91 Å². The van der Waals surface area contributed by atoms with E-state index in [2.05, 4.69) is 47.7 Å². The zero-order valence-corrected chi connectivity index (χ0v) is 15.1.